The van der Waals surface area contributed by atoms with Gasteiger partial charge in [-0.25, -0.2) is 4.39 Å². The van der Waals surface area contributed by atoms with E-state index in [4.69, 9.17) is 16.3 Å². The van der Waals surface area contributed by atoms with Crippen LogP contribution in [0.3, 0.4) is 0 Å². The van der Waals surface area contributed by atoms with Crippen molar-refractivity contribution in [3.63, 3.8) is 0 Å². The first-order valence-electron chi connectivity index (χ1n) is 9.58. The van der Waals surface area contributed by atoms with Gasteiger partial charge in [0.15, 0.2) is 11.0 Å². The van der Waals surface area contributed by atoms with Gasteiger partial charge in [-0.05, 0) is 54.6 Å². The first-order valence-corrected chi connectivity index (χ1v) is 10.9. The number of hydrogen-bond acceptors (Lipinski definition) is 5. The quantitative estimate of drug-likeness (QED) is 0.364. The Labute approximate surface area is 193 Å². The first kappa shape index (κ1) is 21.9. The third-order valence-electron chi connectivity index (χ3n) is 4.53. The van der Waals surface area contributed by atoms with E-state index in [2.05, 4.69) is 15.5 Å². The van der Waals surface area contributed by atoms with Gasteiger partial charge in [0.25, 0.3) is 0 Å². The Morgan fingerprint density at radius 1 is 1.09 bits per heavy atom. The molecule has 0 fully saturated rings. The van der Waals surface area contributed by atoms with Gasteiger partial charge in [0, 0.05) is 16.3 Å². The molecule has 32 heavy (non-hydrogen) atoms. The number of nitrogens with zero attached hydrogens (tertiary/aromatic N) is 3. The van der Waals surface area contributed by atoms with Crippen LogP contribution in [0.25, 0.3) is 17.1 Å². The molecule has 0 saturated heterocycles. The molecule has 1 amide bonds. The van der Waals surface area contributed by atoms with Crippen molar-refractivity contribution in [3.05, 3.63) is 83.6 Å². The highest BCUT2D eigenvalue weighted by Crippen LogP contribution is 2.29. The number of ether oxygens (including phenoxy) is 1. The molecule has 1 N–H and O–H groups in total. The summed E-state index contributed by atoms with van der Waals surface area (Å²) in [6, 6.07) is 21.1. The van der Waals surface area contributed by atoms with E-state index in [0.717, 1.165) is 17.0 Å². The summed E-state index contributed by atoms with van der Waals surface area (Å²) in [6.07, 6.45) is 0. The van der Waals surface area contributed by atoms with Gasteiger partial charge >= 0.3 is 0 Å². The number of anilines is 1. The Balaban J connectivity index is 1.59. The predicted molar refractivity (Wildman–Crippen MR) is 124 cm³/mol. The maximum Gasteiger partial charge on any atom is 0.234 e. The zero-order valence-corrected chi connectivity index (χ0v) is 18.5. The van der Waals surface area contributed by atoms with Crippen molar-refractivity contribution < 1.29 is 13.9 Å². The minimum Gasteiger partial charge on any atom is -0.497 e. The maximum atomic E-state index is 13.9. The molecule has 162 valence electrons. The number of halogens is 2. The van der Waals surface area contributed by atoms with Gasteiger partial charge in [0.2, 0.25) is 5.91 Å². The van der Waals surface area contributed by atoms with Gasteiger partial charge < -0.3 is 10.1 Å². The van der Waals surface area contributed by atoms with Crippen LogP contribution in [0.5, 0.6) is 5.75 Å². The van der Waals surface area contributed by atoms with E-state index in [1.807, 2.05) is 59.2 Å². The molecule has 1 aromatic heterocycles. The van der Waals surface area contributed by atoms with Gasteiger partial charge in [-0.1, -0.05) is 41.6 Å². The smallest absolute Gasteiger partial charge is 0.234 e. The zero-order chi connectivity index (χ0) is 22.5. The predicted octanol–water partition coefficient (Wildman–Crippen LogP) is 5.47. The highest BCUT2D eigenvalue weighted by Gasteiger charge is 2.18. The number of nitrogens with one attached hydrogen (secondary N) is 1. The van der Waals surface area contributed by atoms with Crippen LogP contribution in [0.4, 0.5) is 10.1 Å². The Kier molecular flexibility index (Phi) is 6.72. The highest BCUT2D eigenvalue weighted by atomic mass is 35.5. The lowest BCUT2D eigenvalue weighted by molar-refractivity contribution is -0.113. The summed E-state index contributed by atoms with van der Waals surface area (Å²) >= 11 is 7.09. The number of para-hydroxylation sites is 1. The number of aromatic nitrogens is 3. The summed E-state index contributed by atoms with van der Waals surface area (Å²) in [5.41, 5.74) is 1.73. The monoisotopic (exact) mass is 468 g/mol. The first-order chi connectivity index (χ1) is 15.5. The van der Waals surface area contributed by atoms with E-state index in [0.29, 0.717) is 16.0 Å². The summed E-state index contributed by atoms with van der Waals surface area (Å²) in [4.78, 5) is 12.4. The molecule has 0 aliphatic heterocycles. The third-order valence-corrected chi connectivity index (χ3v) is 5.69. The van der Waals surface area contributed by atoms with Crippen molar-refractivity contribution in [2.45, 2.75) is 5.16 Å². The average molecular weight is 469 g/mol. The van der Waals surface area contributed by atoms with E-state index < -0.39 is 5.82 Å². The van der Waals surface area contributed by atoms with Gasteiger partial charge in [0.05, 0.1) is 18.6 Å². The lowest BCUT2D eigenvalue weighted by Crippen LogP contribution is -2.15. The lowest BCUT2D eigenvalue weighted by Gasteiger charge is -2.11. The van der Waals surface area contributed by atoms with Crippen LogP contribution in [0.1, 0.15) is 0 Å². The molecule has 9 heteroatoms. The van der Waals surface area contributed by atoms with E-state index in [1.165, 1.54) is 30.0 Å². The summed E-state index contributed by atoms with van der Waals surface area (Å²) in [7, 11) is 1.61. The number of benzene rings is 3. The molecule has 3 aromatic carbocycles. The van der Waals surface area contributed by atoms with E-state index in [9.17, 15) is 9.18 Å². The van der Waals surface area contributed by atoms with Gasteiger partial charge in [0.1, 0.15) is 11.6 Å². The fraction of sp³-hybridized carbons (Fsp3) is 0.0870. The summed E-state index contributed by atoms with van der Waals surface area (Å²) < 4.78 is 21.0. The summed E-state index contributed by atoms with van der Waals surface area (Å²) in [5.74, 6) is 0.438. The fourth-order valence-electron chi connectivity index (χ4n) is 3.01. The molecule has 0 atom stereocenters. The minimum absolute atomic E-state index is 0.0134. The topological polar surface area (TPSA) is 69.0 Å². The van der Waals surface area contributed by atoms with Crippen LogP contribution >= 0.6 is 23.4 Å². The van der Waals surface area contributed by atoms with Crippen molar-refractivity contribution in [1.29, 1.82) is 0 Å². The fourth-order valence-corrected chi connectivity index (χ4v) is 3.93. The number of hydrogen-bond donors (Lipinski definition) is 1. The summed E-state index contributed by atoms with van der Waals surface area (Å²) in [6.45, 7) is 0. The molecule has 0 aliphatic rings. The molecule has 4 rings (SSSR count). The molecule has 0 saturated carbocycles. The van der Waals surface area contributed by atoms with Gasteiger partial charge in [-0.15, -0.1) is 10.2 Å². The van der Waals surface area contributed by atoms with E-state index in [1.54, 1.807) is 7.11 Å². The third kappa shape index (κ3) is 4.92. The number of carbonyl (C=O) groups excluding carboxylic acids is 1. The standard InChI is InChI=1S/C23H18ClFN4O2S/c1-31-18-10-7-15(8-11-18)22-27-28-23(29(22)17-5-3-2-4-6-17)32-14-21(30)26-20-13-16(24)9-12-19(20)25/h2-13H,14H2,1H3,(H,26,30). The van der Waals surface area contributed by atoms with Gasteiger partial charge in [-0.2, -0.15) is 0 Å². The molecule has 0 radical (unpaired) electrons. The molecule has 0 aliphatic carbocycles. The Morgan fingerprint density at radius 2 is 1.84 bits per heavy atom. The van der Waals surface area contributed by atoms with E-state index >= 15 is 0 Å². The van der Waals surface area contributed by atoms with Crippen molar-refractivity contribution in [3.8, 4) is 22.8 Å². The Morgan fingerprint density at radius 3 is 2.56 bits per heavy atom. The average Bonchev–Trinajstić information content (AvgIpc) is 3.24. The second-order valence-electron chi connectivity index (χ2n) is 6.67. The van der Waals surface area contributed by atoms with Crippen LogP contribution in [0.15, 0.2) is 78.0 Å². The lowest BCUT2D eigenvalue weighted by atomic mass is 10.2. The number of amides is 1. The molecule has 4 aromatic rings. The van der Waals surface area contributed by atoms with Crippen LogP contribution in [-0.2, 0) is 4.79 Å². The molecule has 0 unspecified atom stereocenters. The molecule has 6 nitrogen and oxygen atoms in total. The Bertz CT molecular complexity index is 1230. The second-order valence-corrected chi connectivity index (χ2v) is 8.05. The van der Waals surface area contributed by atoms with Crippen LogP contribution in [-0.4, -0.2) is 33.5 Å². The molecular weight excluding hydrogens is 451 g/mol. The zero-order valence-electron chi connectivity index (χ0n) is 17.0. The van der Waals surface area contributed by atoms with Crippen molar-refractivity contribution in [1.82, 2.24) is 14.8 Å². The maximum absolute atomic E-state index is 13.9. The van der Waals surface area contributed by atoms with E-state index in [-0.39, 0.29) is 17.3 Å². The molecule has 0 bridgehead atoms. The molecule has 1 heterocycles. The second kappa shape index (κ2) is 9.84. The molecule has 0 spiro atoms. The number of rotatable bonds is 7. The van der Waals surface area contributed by atoms with Crippen LogP contribution in [0, 0.1) is 5.82 Å². The van der Waals surface area contributed by atoms with Gasteiger partial charge in [-0.3, -0.25) is 9.36 Å². The van der Waals surface area contributed by atoms with Crippen LogP contribution in [0.2, 0.25) is 5.02 Å². The molecular formula is C23H18ClFN4O2S. The normalized spacial score (nSPS) is 10.7. The Hall–Kier alpha value is -3.36. The van der Waals surface area contributed by atoms with Crippen molar-refractivity contribution >= 4 is 35.0 Å². The number of carbonyl (C=O) groups is 1. The van der Waals surface area contributed by atoms with Crippen molar-refractivity contribution in [2.75, 3.05) is 18.2 Å². The summed E-state index contributed by atoms with van der Waals surface area (Å²) in [5, 5.41) is 12.0. The van der Waals surface area contributed by atoms with Crippen LogP contribution < -0.4 is 10.1 Å². The van der Waals surface area contributed by atoms with Crippen molar-refractivity contribution in [2.24, 2.45) is 0 Å². The largest absolute Gasteiger partial charge is 0.497 e. The minimum atomic E-state index is -0.554. The highest BCUT2D eigenvalue weighted by molar-refractivity contribution is 7.99. The number of thioether (sulfide) groups is 1. The SMILES string of the molecule is COc1ccc(-c2nnc(SCC(=O)Nc3cc(Cl)ccc3F)n2-c2ccccc2)cc1. The number of methoxy groups -OCH3 is 1.